The van der Waals surface area contributed by atoms with Gasteiger partial charge in [-0.15, -0.1) is 0 Å². The van der Waals surface area contributed by atoms with Gasteiger partial charge in [-0.3, -0.25) is 14.4 Å². The van der Waals surface area contributed by atoms with Gasteiger partial charge in [-0.05, 0) is 67.2 Å². The summed E-state index contributed by atoms with van der Waals surface area (Å²) in [6.45, 7) is 8.96. The van der Waals surface area contributed by atoms with Gasteiger partial charge in [0.25, 0.3) is 5.91 Å². The smallest absolute Gasteiger partial charge is 0.257 e. The Balaban J connectivity index is 1.59. The number of benzene rings is 1. The Bertz CT molecular complexity index is 950. The third-order valence-electron chi connectivity index (χ3n) is 8.19. The van der Waals surface area contributed by atoms with Crippen LogP contribution in [0.2, 0.25) is 0 Å². The van der Waals surface area contributed by atoms with Crippen molar-refractivity contribution in [3.8, 4) is 0 Å². The van der Waals surface area contributed by atoms with Crippen LogP contribution in [0.25, 0.3) is 0 Å². The van der Waals surface area contributed by atoms with Crippen LogP contribution in [0.4, 0.5) is 5.69 Å². The lowest BCUT2D eigenvalue weighted by atomic mass is 9.96. The van der Waals surface area contributed by atoms with Crippen molar-refractivity contribution in [2.45, 2.75) is 72.3 Å². The van der Waals surface area contributed by atoms with Crippen molar-refractivity contribution in [1.29, 1.82) is 0 Å². The van der Waals surface area contributed by atoms with Crippen molar-refractivity contribution in [3.05, 3.63) is 40.4 Å². The first-order valence-electron chi connectivity index (χ1n) is 11.7. The third-order valence-corrected chi connectivity index (χ3v) is 8.72. The average Bonchev–Trinajstić information content (AvgIpc) is 2.98. The molecule has 1 unspecified atom stereocenters. The predicted molar refractivity (Wildman–Crippen MR) is 129 cm³/mol. The number of amides is 3. The Hall–Kier alpha value is -1.95. The molecular weight excluding hydrogens is 468 g/mol. The predicted octanol–water partition coefficient (Wildman–Crippen LogP) is 5.48. The van der Waals surface area contributed by atoms with Crippen molar-refractivity contribution < 1.29 is 14.4 Å². The van der Waals surface area contributed by atoms with Crippen LogP contribution < -0.4 is 4.90 Å². The van der Waals surface area contributed by atoms with Crippen LogP contribution in [0.5, 0.6) is 0 Å². The Morgan fingerprint density at radius 2 is 1.75 bits per heavy atom. The number of halogens is 1. The molecule has 3 aliphatic rings. The van der Waals surface area contributed by atoms with Crippen LogP contribution in [0.15, 0.2) is 40.4 Å². The molecule has 2 aliphatic carbocycles. The van der Waals surface area contributed by atoms with Crippen molar-refractivity contribution in [2.24, 2.45) is 16.7 Å². The number of carbonyl (C=O) groups excluding carboxylic acids is 3. The molecule has 2 fully saturated rings. The summed E-state index contributed by atoms with van der Waals surface area (Å²) in [6, 6.07) is 6.42. The average molecular weight is 501 g/mol. The summed E-state index contributed by atoms with van der Waals surface area (Å²) in [6.07, 6.45) is 7.65. The second-order valence-electron chi connectivity index (χ2n) is 10.5. The topological polar surface area (TPSA) is 57.7 Å². The number of carbonyl (C=O) groups is 3. The second-order valence-corrected chi connectivity index (χ2v) is 11.4. The summed E-state index contributed by atoms with van der Waals surface area (Å²) in [5.74, 6) is -0.661. The molecule has 4 rings (SSSR count). The van der Waals surface area contributed by atoms with E-state index in [1.807, 2.05) is 12.1 Å². The normalized spacial score (nSPS) is 24.5. The van der Waals surface area contributed by atoms with Gasteiger partial charge in [0.05, 0.1) is 12.1 Å². The highest BCUT2D eigenvalue weighted by Crippen LogP contribution is 2.69. The molecule has 1 saturated carbocycles. The lowest BCUT2D eigenvalue weighted by Gasteiger charge is -2.29. The summed E-state index contributed by atoms with van der Waals surface area (Å²) >= 11 is 3.39. The van der Waals surface area contributed by atoms with Gasteiger partial charge < -0.3 is 4.90 Å². The fourth-order valence-corrected chi connectivity index (χ4v) is 5.78. The molecule has 172 valence electrons. The first-order chi connectivity index (χ1) is 15.1. The van der Waals surface area contributed by atoms with Crippen LogP contribution in [0.1, 0.15) is 66.2 Å². The van der Waals surface area contributed by atoms with Crippen LogP contribution in [0.3, 0.4) is 0 Å². The maximum atomic E-state index is 13.8. The molecule has 1 atom stereocenters. The minimum absolute atomic E-state index is 0.0141. The largest absolute Gasteiger partial charge is 0.330 e. The molecule has 1 saturated heterocycles. The van der Waals surface area contributed by atoms with E-state index in [1.54, 1.807) is 17.0 Å². The molecule has 1 aliphatic heterocycles. The molecule has 32 heavy (non-hydrogen) atoms. The highest BCUT2D eigenvalue weighted by molar-refractivity contribution is 9.10. The maximum absolute atomic E-state index is 13.8. The molecule has 0 aromatic heterocycles. The molecule has 1 heterocycles. The fraction of sp³-hybridized carbons (Fsp3) is 0.577. The molecule has 1 aromatic rings. The zero-order valence-corrected chi connectivity index (χ0v) is 21.1. The van der Waals surface area contributed by atoms with Crippen molar-refractivity contribution in [2.75, 3.05) is 11.4 Å². The highest BCUT2D eigenvalue weighted by Gasteiger charge is 2.69. The lowest BCUT2D eigenvalue weighted by Crippen LogP contribution is -2.47. The maximum Gasteiger partial charge on any atom is 0.257 e. The lowest BCUT2D eigenvalue weighted by molar-refractivity contribution is -0.140. The van der Waals surface area contributed by atoms with Crippen LogP contribution >= 0.6 is 15.9 Å². The molecule has 5 nitrogen and oxygen atoms in total. The minimum Gasteiger partial charge on any atom is -0.330 e. The Morgan fingerprint density at radius 1 is 1.09 bits per heavy atom. The minimum atomic E-state index is -0.727. The van der Waals surface area contributed by atoms with E-state index in [2.05, 4.69) is 49.7 Å². The summed E-state index contributed by atoms with van der Waals surface area (Å²) in [5, 5.41) is 0. The van der Waals surface area contributed by atoms with Gasteiger partial charge in [0.15, 0.2) is 0 Å². The number of allylic oxidation sites excluding steroid dienone is 1. The third kappa shape index (κ3) is 3.95. The number of nitrogens with zero attached hydrogens (tertiary/aromatic N) is 2. The standard InChI is InChI=1S/C26H33BrN2O3/c1-25(2)22(26(25,3)4)24(32)28(15-14-17-8-6-5-7-9-17)20-16-21(30)29(23(20)31)19-12-10-18(27)11-13-19/h8,10-13,20,22H,5-7,9,14-16H2,1-4H3. The van der Waals surface area contributed by atoms with Gasteiger partial charge in [-0.2, -0.15) is 0 Å². The fourth-order valence-electron chi connectivity index (χ4n) is 5.52. The van der Waals surface area contributed by atoms with Gasteiger partial charge in [0.1, 0.15) is 6.04 Å². The Kier molecular flexibility index (Phi) is 6.12. The number of hydrogen-bond acceptors (Lipinski definition) is 3. The van der Waals surface area contributed by atoms with Gasteiger partial charge in [0, 0.05) is 16.9 Å². The van der Waals surface area contributed by atoms with E-state index < -0.39 is 6.04 Å². The molecule has 0 bridgehead atoms. The summed E-state index contributed by atoms with van der Waals surface area (Å²) in [4.78, 5) is 43.1. The van der Waals surface area contributed by atoms with Gasteiger partial charge in [-0.25, -0.2) is 4.90 Å². The molecular formula is C26H33BrN2O3. The van der Waals surface area contributed by atoms with Gasteiger partial charge in [0.2, 0.25) is 11.8 Å². The Labute approximate surface area is 199 Å². The van der Waals surface area contributed by atoms with Crippen LogP contribution in [-0.2, 0) is 14.4 Å². The van der Waals surface area contributed by atoms with E-state index in [-0.39, 0.29) is 40.9 Å². The number of rotatable bonds is 6. The monoisotopic (exact) mass is 500 g/mol. The summed E-state index contributed by atoms with van der Waals surface area (Å²) in [7, 11) is 0. The van der Waals surface area contributed by atoms with E-state index in [4.69, 9.17) is 0 Å². The number of imide groups is 1. The molecule has 6 heteroatoms. The van der Waals surface area contributed by atoms with Gasteiger partial charge >= 0.3 is 0 Å². The molecule has 3 amide bonds. The van der Waals surface area contributed by atoms with E-state index >= 15 is 0 Å². The van der Waals surface area contributed by atoms with Gasteiger partial charge in [-0.1, -0.05) is 55.3 Å². The zero-order valence-electron chi connectivity index (χ0n) is 19.5. The Morgan fingerprint density at radius 3 is 2.31 bits per heavy atom. The quantitative estimate of drug-likeness (QED) is 0.383. The SMILES string of the molecule is CC1(C)C(C(=O)N(CCC2=CCCCC2)C2CC(=O)N(c3ccc(Br)cc3)C2=O)C1(C)C. The first-order valence-corrected chi connectivity index (χ1v) is 12.5. The van der Waals surface area contributed by atoms with E-state index in [9.17, 15) is 14.4 Å². The molecule has 0 N–H and O–H groups in total. The summed E-state index contributed by atoms with van der Waals surface area (Å²) in [5.41, 5.74) is 1.68. The molecule has 0 spiro atoms. The molecule has 0 radical (unpaired) electrons. The van der Waals surface area contributed by atoms with Crippen molar-refractivity contribution >= 4 is 39.3 Å². The first kappa shape index (κ1) is 23.2. The highest BCUT2D eigenvalue weighted by atomic mass is 79.9. The van der Waals surface area contributed by atoms with E-state index in [1.165, 1.54) is 23.3 Å². The van der Waals surface area contributed by atoms with Crippen LogP contribution in [0, 0.1) is 16.7 Å². The zero-order chi connectivity index (χ0) is 23.3. The molecule has 1 aromatic carbocycles. The van der Waals surface area contributed by atoms with E-state index in [0.717, 1.165) is 23.7 Å². The van der Waals surface area contributed by atoms with Crippen molar-refractivity contribution in [3.63, 3.8) is 0 Å². The van der Waals surface area contributed by atoms with Crippen LogP contribution in [-0.4, -0.2) is 35.2 Å². The number of anilines is 1. The van der Waals surface area contributed by atoms with Crippen molar-refractivity contribution in [1.82, 2.24) is 4.90 Å². The summed E-state index contributed by atoms with van der Waals surface area (Å²) < 4.78 is 0.882. The number of hydrogen-bond donors (Lipinski definition) is 0. The van der Waals surface area contributed by atoms with E-state index in [0.29, 0.717) is 12.2 Å². The second kappa shape index (κ2) is 8.44.